The summed E-state index contributed by atoms with van der Waals surface area (Å²) in [6, 6.07) is 12.4. The molecule has 0 amide bonds. The van der Waals surface area contributed by atoms with E-state index in [0.29, 0.717) is 6.54 Å². The van der Waals surface area contributed by atoms with E-state index in [4.69, 9.17) is 0 Å². The molecule has 0 unspecified atom stereocenters. The number of fused-ring (bicyclic) bond motifs is 1. The number of benzene rings is 1. The molecule has 0 atom stereocenters. The third-order valence-electron chi connectivity index (χ3n) is 4.13. The van der Waals surface area contributed by atoms with Gasteiger partial charge in [0.25, 0.3) is 0 Å². The summed E-state index contributed by atoms with van der Waals surface area (Å²) in [5.41, 5.74) is 3.27. The predicted octanol–water partition coefficient (Wildman–Crippen LogP) is 4.27. The number of thiophene rings is 1. The van der Waals surface area contributed by atoms with Crippen molar-refractivity contribution in [2.75, 3.05) is 5.32 Å². The number of nitrogens with one attached hydrogen (secondary N) is 1. The van der Waals surface area contributed by atoms with Crippen LogP contribution in [0.1, 0.15) is 17.4 Å². The molecular weight excluding hydrogens is 330 g/mol. The summed E-state index contributed by atoms with van der Waals surface area (Å²) in [6.45, 7) is 2.83. The first-order valence-electron chi connectivity index (χ1n) is 8.30. The van der Waals surface area contributed by atoms with Gasteiger partial charge in [-0.2, -0.15) is 5.10 Å². The van der Waals surface area contributed by atoms with Crippen molar-refractivity contribution in [2.24, 2.45) is 7.05 Å². The van der Waals surface area contributed by atoms with Crippen LogP contribution in [-0.2, 0) is 20.0 Å². The fourth-order valence-corrected chi connectivity index (χ4v) is 3.84. The topological polar surface area (TPSA) is 55.6 Å². The minimum atomic E-state index is 0.668. The highest BCUT2D eigenvalue weighted by molar-refractivity contribution is 7.18. The van der Waals surface area contributed by atoms with Gasteiger partial charge < -0.3 is 5.32 Å². The average Bonchev–Trinajstić information content (AvgIpc) is 3.24. The first-order valence-corrected chi connectivity index (χ1v) is 9.11. The number of aromatic nitrogens is 4. The zero-order chi connectivity index (χ0) is 17.2. The molecule has 4 rings (SSSR count). The Labute approximate surface area is 150 Å². The molecule has 1 aromatic carbocycles. The first kappa shape index (κ1) is 15.8. The molecule has 0 saturated carbocycles. The number of aryl methyl sites for hydroxylation is 2. The van der Waals surface area contributed by atoms with Crippen LogP contribution in [0, 0.1) is 0 Å². The van der Waals surface area contributed by atoms with Gasteiger partial charge in [0.2, 0.25) is 0 Å². The lowest BCUT2D eigenvalue weighted by Crippen LogP contribution is -2.02. The molecule has 5 nitrogen and oxygen atoms in total. The Kier molecular flexibility index (Phi) is 4.19. The van der Waals surface area contributed by atoms with Crippen molar-refractivity contribution in [2.45, 2.75) is 19.9 Å². The molecule has 0 saturated heterocycles. The Morgan fingerprint density at radius 2 is 2.00 bits per heavy atom. The van der Waals surface area contributed by atoms with Crippen molar-refractivity contribution in [3.05, 3.63) is 59.4 Å². The SMILES string of the molecule is CCc1cc2c(NCc3cn(C)nc3-c3ccccc3)ncnc2s1. The highest BCUT2D eigenvalue weighted by Gasteiger charge is 2.12. The van der Waals surface area contributed by atoms with Crippen molar-refractivity contribution >= 4 is 27.4 Å². The molecule has 0 fully saturated rings. The normalized spacial score (nSPS) is 11.1. The van der Waals surface area contributed by atoms with Crippen molar-refractivity contribution in [1.82, 2.24) is 19.7 Å². The summed E-state index contributed by atoms with van der Waals surface area (Å²) in [5.74, 6) is 0.879. The molecular formula is C19H19N5S. The second-order valence-electron chi connectivity index (χ2n) is 5.90. The van der Waals surface area contributed by atoms with Crippen LogP contribution in [0.3, 0.4) is 0 Å². The molecule has 0 aliphatic rings. The van der Waals surface area contributed by atoms with Crippen LogP contribution in [0.2, 0.25) is 0 Å². The molecule has 1 N–H and O–H groups in total. The molecule has 0 aliphatic carbocycles. The second kappa shape index (κ2) is 6.64. The minimum Gasteiger partial charge on any atom is -0.365 e. The minimum absolute atomic E-state index is 0.668. The van der Waals surface area contributed by atoms with E-state index in [0.717, 1.165) is 39.3 Å². The Hall–Kier alpha value is -2.73. The standard InChI is InChI=1S/C19H19N5S/c1-3-15-9-16-18(21-12-22-19(16)25-15)20-10-14-11-24(2)23-17(14)13-7-5-4-6-8-13/h4-9,11-12H,3,10H2,1-2H3,(H,20,21,22). The lowest BCUT2D eigenvalue weighted by atomic mass is 10.1. The van der Waals surface area contributed by atoms with Crippen molar-refractivity contribution in [3.8, 4) is 11.3 Å². The summed E-state index contributed by atoms with van der Waals surface area (Å²) in [7, 11) is 1.95. The van der Waals surface area contributed by atoms with E-state index in [1.165, 1.54) is 4.88 Å². The maximum atomic E-state index is 4.62. The first-order chi connectivity index (χ1) is 12.2. The molecule has 0 aliphatic heterocycles. The number of nitrogens with zero attached hydrogens (tertiary/aromatic N) is 4. The Balaban J connectivity index is 1.63. The van der Waals surface area contributed by atoms with Gasteiger partial charge in [0.1, 0.15) is 17.0 Å². The van der Waals surface area contributed by atoms with Gasteiger partial charge in [-0.25, -0.2) is 9.97 Å². The number of rotatable bonds is 5. The summed E-state index contributed by atoms with van der Waals surface area (Å²) >= 11 is 1.73. The van der Waals surface area contributed by atoms with E-state index in [1.54, 1.807) is 17.7 Å². The van der Waals surface area contributed by atoms with Crippen LogP contribution in [-0.4, -0.2) is 19.7 Å². The highest BCUT2D eigenvalue weighted by Crippen LogP contribution is 2.29. The van der Waals surface area contributed by atoms with Crippen LogP contribution in [0.4, 0.5) is 5.82 Å². The second-order valence-corrected chi connectivity index (χ2v) is 7.02. The molecule has 3 heterocycles. The van der Waals surface area contributed by atoms with E-state index in [1.807, 2.05) is 29.9 Å². The Bertz CT molecular complexity index is 1000. The van der Waals surface area contributed by atoms with Gasteiger partial charge in [0.05, 0.1) is 11.1 Å². The third kappa shape index (κ3) is 3.13. The maximum absolute atomic E-state index is 4.62. The van der Waals surface area contributed by atoms with Crippen LogP contribution < -0.4 is 5.32 Å². The third-order valence-corrected chi connectivity index (χ3v) is 5.31. The molecule has 0 radical (unpaired) electrons. The van der Waals surface area contributed by atoms with Crippen LogP contribution in [0.25, 0.3) is 21.5 Å². The summed E-state index contributed by atoms with van der Waals surface area (Å²) < 4.78 is 1.86. The van der Waals surface area contributed by atoms with Crippen LogP contribution >= 0.6 is 11.3 Å². The van der Waals surface area contributed by atoms with E-state index in [-0.39, 0.29) is 0 Å². The van der Waals surface area contributed by atoms with E-state index in [9.17, 15) is 0 Å². The lowest BCUT2D eigenvalue weighted by Gasteiger charge is -2.06. The fourth-order valence-electron chi connectivity index (χ4n) is 2.91. The fraction of sp³-hybridized carbons (Fsp3) is 0.211. The number of hydrogen-bond acceptors (Lipinski definition) is 5. The maximum Gasteiger partial charge on any atom is 0.138 e. The van der Waals surface area contributed by atoms with Gasteiger partial charge in [0.15, 0.2) is 0 Å². The average molecular weight is 349 g/mol. The highest BCUT2D eigenvalue weighted by atomic mass is 32.1. The van der Waals surface area contributed by atoms with Gasteiger partial charge in [0, 0.05) is 35.8 Å². The molecule has 3 aromatic heterocycles. The number of anilines is 1. The van der Waals surface area contributed by atoms with Crippen molar-refractivity contribution in [1.29, 1.82) is 0 Å². The lowest BCUT2D eigenvalue weighted by molar-refractivity contribution is 0.770. The smallest absolute Gasteiger partial charge is 0.138 e. The van der Waals surface area contributed by atoms with Gasteiger partial charge in [-0.1, -0.05) is 37.3 Å². The quantitative estimate of drug-likeness (QED) is 0.585. The largest absolute Gasteiger partial charge is 0.365 e. The monoisotopic (exact) mass is 349 g/mol. The van der Waals surface area contributed by atoms with E-state index < -0.39 is 0 Å². The van der Waals surface area contributed by atoms with Gasteiger partial charge in [-0.15, -0.1) is 11.3 Å². The zero-order valence-electron chi connectivity index (χ0n) is 14.2. The number of hydrogen-bond donors (Lipinski definition) is 1. The predicted molar refractivity (Wildman–Crippen MR) is 103 cm³/mol. The molecule has 126 valence electrons. The van der Waals surface area contributed by atoms with E-state index in [2.05, 4.69) is 51.7 Å². The summed E-state index contributed by atoms with van der Waals surface area (Å²) in [4.78, 5) is 11.2. The van der Waals surface area contributed by atoms with Crippen LogP contribution in [0.15, 0.2) is 48.9 Å². The summed E-state index contributed by atoms with van der Waals surface area (Å²) in [5, 5.41) is 9.18. The zero-order valence-corrected chi connectivity index (χ0v) is 15.0. The molecule has 0 spiro atoms. The summed E-state index contributed by atoms with van der Waals surface area (Å²) in [6.07, 6.45) is 4.70. The van der Waals surface area contributed by atoms with Gasteiger partial charge >= 0.3 is 0 Å². The van der Waals surface area contributed by atoms with Crippen molar-refractivity contribution < 1.29 is 0 Å². The van der Waals surface area contributed by atoms with Crippen molar-refractivity contribution in [3.63, 3.8) is 0 Å². The molecule has 25 heavy (non-hydrogen) atoms. The Morgan fingerprint density at radius 1 is 1.16 bits per heavy atom. The van der Waals surface area contributed by atoms with Crippen LogP contribution in [0.5, 0.6) is 0 Å². The van der Waals surface area contributed by atoms with E-state index >= 15 is 0 Å². The molecule has 6 heteroatoms. The van der Waals surface area contributed by atoms with Gasteiger partial charge in [-0.3, -0.25) is 4.68 Å². The van der Waals surface area contributed by atoms with Gasteiger partial charge in [-0.05, 0) is 12.5 Å². The Morgan fingerprint density at radius 3 is 2.80 bits per heavy atom. The molecule has 0 bridgehead atoms. The molecule has 4 aromatic rings.